The van der Waals surface area contributed by atoms with Crippen LogP contribution in [0.1, 0.15) is 54.9 Å². The van der Waals surface area contributed by atoms with Crippen LogP contribution in [-0.4, -0.2) is 47.1 Å². The Bertz CT molecular complexity index is 493. The van der Waals surface area contributed by atoms with Crippen molar-refractivity contribution in [1.82, 2.24) is 5.32 Å². The van der Waals surface area contributed by atoms with Crippen LogP contribution in [0.3, 0.4) is 0 Å². The Morgan fingerprint density at radius 2 is 1.71 bits per heavy atom. The highest BCUT2D eigenvalue weighted by Gasteiger charge is 2.50. The van der Waals surface area contributed by atoms with Crippen molar-refractivity contribution in [3.05, 3.63) is 12.1 Å². The molecule has 1 amide bonds. The van der Waals surface area contributed by atoms with Crippen LogP contribution in [0, 0.1) is 0 Å². The lowest BCUT2D eigenvalue weighted by Crippen LogP contribution is -2.43. The first-order valence-corrected chi connectivity index (χ1v) is 7.98. The number of hydrogen-bond acceptors (Lipinski definition) is 5. The molecule has 24 heavy (non-hydrogen) atoms. The maximum absolute atomic E-state index is 11.7. The molecule has 1 unspecified atom stereocenters. The molecule has 0 bridgehead atoms. The Balaban J connectivity index is 2.59. The Morgan fingerprint density at radius 1 is 1.21 bits per heavy atom. The predicted molar refractivity (Wildman–Crippen MR) is 90.6 cm³/mol. The molecule has 0 aromatic heterocycles. The number of alkyl carbamates (subject to hydrolysis) is 1. The summed E-state index contributed by atoms with van der Waals surface area (Å²) in [4.78, 5) is 23.0. The van der Waals surface area contributed by atoms with Gasteiger partial charge in [-0.1, -0.05) is 12.1 Å². The first-order chi connectivity index (χ1) is 10.7. The molecule has 1 atom stereocenters. The molecule has 1 fully saturated rings. The van der Waals surface area contributed by atoms with Crippen molar-refractivity contribution in [3.63, 3.8) is 0 Å². The van der Waals surface area contributed by atoms with Crippen LogP contribution in [-0.2, 0) is 18.8 Å². The van der Waals surface area contributed by atoms with Crippen LogP contribution in [0.2, 0.25) is 0 Å². The van der Waals surface area contributed by atoms with Gasteiger partial charge in [0.2, 0.25) is 0 Å². The van der Waals surface area contributed by atoms with Crippen molar-refractivity contribution in [2.75, 3.05) is 0 Å². The van der Waals surface area contributed by atoms with E-state index in [1.165, 1.54) is 0 Å². The second-order valence-electron chi connectivity index (χ2n) is 7.83. The zero-order valence-electron chi connectivity index (χ0n) is 15.5. The molecule has 1 saturated heterocycles. The molecule has 8 heteroatoms. The number of carboxylic acid groups (broad SMARTS) is 1. The summed E-state index contributed by atoms with van der Waals surface area (Å²) < 4.78 is 16.6. The van der Waals surface area contributed by atoms with Crippen molar-refractivity contribution >= 4 is 19.2 Å². The molecule has 2 N–H and O–H groups in total. The van der Waals surface area contributed by atoms with Gasteiger partial charge in [0, 0.05) is 0 Å². The number of rotatable bonds is 5. The highest BCUT2D eigenvalue weighted by Crippen LogP contribution is 2.36. The molecule has 0 aromatic carbocycles. The smallest absolute Gasteiger partial charge is 0.480 e. The van der Waals surface area contributed by atoms with Gasteiger partial charge in [0.1, 0.15) is 11.6 Å². The molecule has 0 aliphatic carbocycles. The summed E-state index contributed by atoms with van der Waals surface area (Å²) in [6, 6.07) is -1.08. The average Bonchev–Trinajstić information content (AvgIpc) is 2.53. The van der Waals surface area contributed by atoms with Gasteiger partial charge in [0.15, 0.2) is 0 Å². The average molecular weight is 341 g/mol. The van der Waals surface area contributed by atoms with E-state index >= 15 is 0 Å². The number of hydrogen-bond donors (Lipinski definition) is 2. The summed E-state index contributed by atoms with van der Waals surface area (Å²) in [5.74, 6) is 0.517. The maximum atomic E-state index is 11.7. The van der Waals surface area contributed by atoms with Gasteiger partial charge in [0.25, 0.3) is 0 Å². The van der Waals surface area contributed by atoms with Gasteiger partial charge in [-0.05, 0) is 54.9 Å². The zero-order chi connectivity index (χ0) is 18.8. The van der Waals surface area contributed by atoms with E-state index in [-0.39, 0.29) is 6.42 Å². The standard InChI is InChI=1S/C16H28BNO6/c1-14(2,3)22-13(21)18-11(12(19)20)9-8-10-17-23-15(4,5)16(6,7)24-17/h8,10-11H,9H2,1-7H3,(H,18,21)(H,19,20). The van der Waals surface area contributed by atoms with Crippen molar-refractivity contribution in [1.29, 1.82) is 0 Å². The third-order valence-corrected chi connectivity index (χ3v) is 3.93. The summed E-state index contributed by atoms with van der Waals surface area (Å²) in [5, 5.41) is 11.5. The fourth-order valence-electron chi connectivity index (χ4n) is 1.96. The zero-order valence-corrected chi connectivity index (χ0v) is 15.5. The molecule has 136 valence electrons. The van der Waals surface area contributed by atoms with Gasteiger partial charge in [-0.3, -0.25) is 0 Å². The minimum atomic E-state index is -1.14. The van der Waals surface area contributed by atoms with Gasteiger partial charge in [-0.2, -0.15) is 0 Å². The number of carbonyl (C=O) groups excluding carboxylic acids is 1. The lowest BCUT2D eigenvalue weighted by molar-refractivity contribution is -0.139. The fourth-order valence-corrected chi connectivity index (χ4v) is 1.96. The highest BCUT2D eigenvalue weighted by atomic mass is 16.7. The number of nitrogens with one attached hydrogen (secondary N) is 1. The quantitative estimate of drug-likeness (QED) is 0.747. The van der Waals surface area contributed by atoms with E-state index in [0.29, 0.717) is 0 Å². The first kappa shape index (κ1) is 20.5. The van der Waals surface area contributed by atoms with E-state index in [2.05, 4.69) is 5.32 Å². The van der Waals surface area contributed by atoms with E-state index in [9.17, 15) is 14.7 Å². The van der Waals surface area contributed by atoms with Gasteiger partial charge in [0.05, 0.1) is 11.2 Å². The highest BCUT2D eigenvalue weighted by molar-refractivity contribution is 6.51. The summed E-state index contributed by atoms with van der Waals surface area (Å²) in [6.07, 6.45) is 0.954. The van der Waals surface area contributed by atoms with Crippen LogP contribution in [0.5, 0.6) is 0 Å². The molecule has 0 saturated carbocycles. The van der Waals surface area contributed by atoms with E-state index in [0.717, 1.165) is 0 Å². The van der Waals surface area contributed by atoms with Gasteiger partial charge < -0.3 is 24.5 Å². The summed E-state index contributed by atoms with van der Waals surface area (Å²) in [7, 11) is -0.550. The monoisotopic (exact) mass is 341 g/mol. The summed E-state index contributed by atoms with van der Waals surface area (Å²) >= 11 is 0. The molecule has 1 aliphatic rings. The molecule has 0 radical (unpaired) electrons. The number of carbonyl (C=O) groups is 2. The molecule has 0 aromatic rings. The SMILES string of the molecule is CC(C)(C)OC(=O)NC(CC=CB1OC(C)(C)C(C)(C)O1)C(=O)O. The molecule has 1 aliphatic heterocycles. The number of amides is 1. The van der Waals surface area contributed by atoms with Crippen LogP contribution in [0.15, 0.2) is 12.1 Å². The third kappa shape index (κ3) is 5.83. The molecule has 0 spiro atoms. The second-order valence-corrected chi connectivity index (χ2v) is 7.83. The van der Waals surface area contributed by atoms with E-state index < -0.39 is 42.0 Å². The molecular formula is C16H28BNO6. The lowest BCUT2D eigenvalue weighted by Gasteiger charge is -2.32. The van der Waals surface area contributed by atoms with Crippen molar-refractivity contribution in [3.8, 4) is 0 Å². The van der Waals surface area contributed by atoms with Gasteiger partial charge >= 0.3 is 19.2 Å². The number of ether oxygens (including phenoxy) is 1. The number of carboxylic acids is 1. The van der Waals surface area contributed by atoms with Crippen LogP contribution >= 0.6 is 0 Å². The Labute approximate surface area is 143 Å². The molecule has 1 rings (SSSR count). The van der Waals surface area contributed by atoms with E-state index in [1.54, 1.807) is 32.8 Å². The van der Waals surface area contributed by atoms with Crippen molar-refractivity contribution in [2.24, 2.45) is 0 Å². The third-order valence-electron chi connectivity index (χ3n) is 3.93. The van der Waals surface area contributed by atoms with Crippen molar-refractivity contribution in [2.45, 2.75) is 77.7 Å². The normalized spacial score (nSPS) is 20.9. The van der Waals surface area contributed by atoms with Gasteiger partial charge in [-0.25, -0.2) is 9.59 Å². The maximum Gasteiger partial charge on any atom is 0.486 e. The van der Waals surface area contributed by atoms with E-state index in [4.69, 9.17) is 14.0 Å². The predicted octanol–water partition coefficient (Wildman–Crippen LogP) is 2.54. The lowest BCUT2D eigenvalue weighted by atomic mass is 9.89. The second kappa shape index (κ2) is 7.15. The molecule has 7 nitrogen and oxygen atoms in total. The Kier molecular flexibility index (Phi) is 6.11. The van der Waals surface area contributed by atoms with Gasteiger partial charge in [-0.15, -0.1) is 0 Å². The first-order valence-electron chi connectivity index (χ1n) is 7.98. The van der Waals surface area contributed by atoms with Crippen molar-refractivity contribution < 1.29 is 28.7 Å². The fraction of sp³-hybridized carbons (Fsp3) is 0.750. The van der Waals surface area contributed by atoms with E-state index in [1.807, 2.05) is 27.7 Å². The Morgan fingerprint density at radius 3 is 2.12 bits per heavy atom. The van der Waals surface area contributed by atoms with Crippen LogP contribution in [0.4, 0.5) is 4.79 Å². The van der Waals surface area contributed by atoms with Crippen LogP contribution in [0.25, 0.3) is 0 Å². The number of aliphatic carboxylic acids is 1. The molecular weight excluding hydrogens is 313 g/mol. The minimum Gasteiger partial charge on any atom is -0.480 e. The Hall–Kier alpha value is -1.54. The minimum absolute atomic E-state index is 0.0959. The summed E-state index contributed by atoms with van der Waals surface area (Å²) in [6.45, 7) is 12.9. The molecule has 1 heterocycles. The topological polar surface area (TPSA) is 94.1 Å². The largest absolute Gasteiger partial charge is 0.486 e. The van der Waals surface area contributed by atoms with Crippen LogP contribution < -0.4 is 5.32 Å². The summed E-state index contributed by atoms with van der Waals surface area (Å²) in [5.41, 5.74) is -1.60.